The van der Waals surface area contributed by atoms with Crippen molar-refractivity contribution in [2.24, 2.45) is 5.14 Å². The topological polar surface area (TPSA) is 112 Å². The molecule has 0 unspecified atom stereocenters. The molecular weight excluding hydrogens is 318 g/mol. The zero-order valence-corrected chi connectivity index (χ0v) is 13.4. The van der Waals surface area contributed by atoms with Crippen molar-refractivity contribution < 1.29 is 13.2 Å². The summed E-state index contributed by atoms with van der Waals surface area (Å²) in [4.78, 5) is 4.28. The molecule has 1 aliphatic heterocycles. The molecule has 3 rings (SSSR count). The monoisotopic (exact) mass is 337 g/mol. The van der Waals surface area contributed by atoms with Crippen LogP contribution in [0.4, 0.5) is 0 Å². The van der Waals surface area contributed by atoms with Gasteiger partial charge in [0.2, 0.25) is 10.0 Å². The first-order chi connectivity index (χ1) is 11.0. The molecule has 0 radical (unpaired) electrons. The zero-order chi connectivity index (χ0) is 16.3. The summed E-state index contributed by atoms with van der Waals surface area (Å²) in [6, 6.07) is 6.43. The maximum absolute atomic E-state index is 11.2. The van der Waals surface area contributed by atoms with Gasteiger partial charge in [-0.15, -0.1) is 0 Å². The summed E-state index contributed by atoms with van der Waals surface area (Å²) in [5.41, 5.74) is 0. The van der Waals surface area contributed by atoms with Crippen LogP contribution in [0.5, 0.6) is 5.75 Å². The summed E-state index contributed by atoms with van der Waals surface area (Å²) in [5.74, 6) is 1.65. The van der Waals surface area contributed by atoms with Crippen molar-refractivity contribution in [1.29, 1.82) is 0 Å². The maximum Gasteiger partial charge on any atom is 0.238 e. The Bertz CT molecular complexity index is 757. The van der Waals surface area contributed by atoms with E-state index in [2.05, 4.69) is 15.4 Å². The molecule has 2 heterocycles. The van der Waals surface area contributed by atoms with Gasteiger partial charge in [-0.1, -0.05) is 0 Å². The predicted octanol–water partition coefficient (Wildman–Crippen LogP) is -0.0911. The third kappa shape index (κ3) is 4.06. The minimum absolute atomic E-state index is 0.0776. The van der Waals surface area contributed by atoms with Crippen molar-refractivity contribution in [2.75, 3.05) is 13.2 Å². The fraction of sp³-hybridized carbons (Fsp3) is 0.429. The van der Waals surface area contributed by atoms with Gasteiger partial charge in [0.25, 0.3) is 0 Å². The highest BCUT2D eigenvalue weighted by atomic mass is 32.2. The number of nitrogens with two attached hydrogens (primary N) is 1. The van der Waals surface area contributed by atoms with Gasteiger partial charge < -0.3 is 10.1 Å². The average molecular weight is 337 g/mol. The minimum Gasteiger partial charge on any atom is -0.492 e. The number of nitrogens with zero attached hydrogens (tertiary/aromatic N) is 3. The summed E-state index contributed by atoms with van der Waals surface area (Å²) in [6.45, 7) is 2.01. The third-order valence-corrected chi connectivity index (χ3v) is 4.69. The Hall–Kier alpha value is -1.97. The molecule has 0 spiro atoms. The summed E-state index contributed by atoms with van der Waals surface area (Å²) < 4.78 is 29.8. The third-order valence-electron chi connectivity index (χ3n) is 3.76. The van der Waals surface area contributed by atoms with E-state index in [9.17, 15) is 8.42 Å². The van der Waals surface area contributed by atoms with Crippen molar-refractivity contribution in [3.63, 3.8) is 0 Å². The highest BCUT2D eigenvalue weighted by Crippen LogP contribution is 2.15. The minimum atomic E-state index is -3.66. The van der Waals surface area contributed by atoms with Crippen LogP contribution >= 0.6 is 0 Å². The van der Waals surface area contributed by atoms with Crippen LogP contribution in [-0.2, 0) is 23.0 Å². The smallest absolute Gasteiger partial charge is 0.238 e. The lowest BCUT2D eigenvalue weighted by Gasteiger charge is -2.23. The molecule has 0 bridgehead atoms. The van der Waals surface area contributed by atoms with Gasteiger partial charge in [0.15, 0.2) is 0 Å². The van der Waals surface area contributed by atoms with Crippen molar-refractivity contribution in [1.82, 2.24) is 20.1 Å². The number of rotatable bonds is 6. The Labute approximate surface area is 134 Å². The maximum atomic E-state index is 11.2. The van der Waals surface area contributed by atoms with E-state index in [-0.39, 0.29) is 4.90 Å². The fourth-order valence-corrected chi connectivity index (χ4v) is 3.08. The number of ether oxygens (including phenoxy) is 1. The first-order valence-electron chi connectivity index (χ1n) is 7.38. The molecule has 0 aliphatic carbocycles. The van der Waals surface area contributed by atoms with Crippen LogP contribution in [0.1, 0.15) is 12.2 Å². The molecule has 23 heavy (non-hydrogen) atoms. The van der Waals surface area contributed by atoms with E-state index in [0.29, 0.717) is 24.9 Å². The highest BCUT2D eigenvalue weighted by Gasteiger charge is 2.18. The summed E-state index contributed by atoms with van der Waals surface area (Å²) in [6.07, 6.45) is 3.54. The lowest BCUT2D eigenvalue weighted by atomic mass is 10.1. The summed E-state index contributed by atoms with van der Waals surface area (Å²) in [5, 5.41) is 12.7. The lowest BCUT2D eigenvalue weighted by Crippen LogP contribution is -2.39. The molecule has 0 fully saturated rings. The van der Waals surface area contributed by atoms with Gasteiger partial charge in [0, 0.05) is 19.0 Å². The Kier molecular flexibility index (Phi) is 4.60. The van der Waals surface area contributed by atoms with E-state index in [1.165, 1.54) is 12.1 Å². The number of nitrogens with one attached hydrogen (secondary N) is 1. The SMILES string of the molecule is NS(=O)(=O)c1ccc(OCCN[C@@H]2CCc3ncnn3C2)cc1. The van der Waals surface area contributed by atoms with Crippen LogP contribution in [0.3, 0.4) is 0 Å². The molecule has 9 heteroatoms. The van der Waals surface area contributed by atoms with E-state index in [1.54, 1.807) is 18.5 Å². The lowest BCUT2D eigenvalue weighted by molar-refractivity contribution is 0.286. The van der Waals surface area contributed by atoms with E-state index in [4.69, 9.17) is 9.88 Å². The zero-order valence-electron chi connectivity index (χ0n) is 12.6. The molecule has 0 saturated heterocycles. The molecule has 2 aromatic rings. The molecule has 0 amide bonds. The largest absolute Gasteiger partial charge is 0.492 e. The van der Waals surface area contributed by atoms with Crippen LogP contribution in [-0.4, -0.2) is 42.4 Å². The molecule has 1 aromatic carbocycles. The number of sulfonamides is 1. The Morgan fingerprint density at radius 2 is 2.13 bits per heavy atom. The number of primary sulfonamides is 1. The molecule has 1 aromatic heterocycles. The van der Waals surface area contributed by atoms with Crippen LogP contribution in [0, 0.1) is 0 Å². The van der Waals surface area contributed by atoms with E-state index < -0.39 is 10.0 Å². The fourth-order valence-electron chi connectivity index (χ4n) is 2.56. The van der Waals surface area contributed by atoms with E-state index in [0.717, 1.165) is 25.2 Å². The Morgan fingerprint density at radius 3 is 2.87 bits per heavy atom. The second kappa shape index (κ2) is 6.65. The van der Waals surface area contributed by atoms with Gasteiger partial charge in [-0.2, -0.15) is 5.10 Å². The molecule has 0 saturated carbocycles. The predicted molar refractivity (Wildman–Crippen MR) is 83.4 cm³/mol. The number of aromatic nitrogens is 3. The summed E-state index contributed by atoms with van der Waals surface area (Å²) in [7, 11) is -3.66. The highest BCUT2D eigenvalue weighted by molar-refractivity contribution is 7.89. The van der Waals surface area contributed by atoms with E-state index >= 15 is 0 Å². The number of benzene rings is 1. The van der Waals surface area contributed by atoms with Crippen molar-refractivity contribution in [2.45, 2.75) is 30.3 Å². The van der Waals surface area contributed by atoms with Crippen LogP contribution in [0.25, 0.3) is 0 Å². The standard InChI is InChI=1S/C14H19N5O3S/c15-23(20,21)13-4-2-12(3-5-13)22-8-7-16-11-1-6-14-17-10-18-19(14)9-11/h2-5,10-11,16H,1,6-9H2,(H2,15,20,21)/t11-/m1/s1. The van der Waals surface area contributed by atoms with Gasteiger partial charge in [-0.25, -0.2) is 23.2 Å². The second-order valence-corrected chi connectivity index (χ2v) is 6.97. The second-order valence-electron chi connectivity index (χ2n) is 5.41. The molecule has 1 atom stereocenters. The first kappa shape index (κ1) is 15.9. The number of fused-ring (bicyclic) bond motifs is 1. The van der Waals surface area contributed by atoms with Crippen molar-refractivity contribution >= 4 is 10.0 Å². The van der Waals surface area contributed by atoms with Crippen LogP contribution in [0.15, 0.2) is 35.5 Å². The molecular formula is C14H19N5O3S. The van der Waals surface area contributed by atoms with Crippen molar-refractivity contribution in [3.8, 4) is 5.75 Å². The van der Waals surface area contributed by atoms with Crippen LogP contribution < -0.4 is 15.2 Å². The first-order valence-corrected chi connectivity index (χ1v) is 8.93. The average Bonchev–Trinajstić information content (AvgIpc) is 2.99. The molecule has 1 aliphatic rings. The van der Waals surface area contributed by atoms with Gasteiger partial charge in [-0.05, 0) is 30.7 Å². The van der Waals surface area contributed by atoms with Gasteiger partial charge in [-0.3, -0.25) is 0 Å². The number of hydrogen-bond donors (Lipinski definition) is 2. The number of aryl methyl sites for hydroxylation is 1. The van der Waals surface area contributed by atoms with Gasteiger partial charge >= 0.3 is 0 Å². The van der Waals surface area contributed by atoms with Crippen molar-refractivity contribution in [3.05, 3.63) is 36.4 Å². The molecule has 3 N–H and O–H groups in total. The Balaban J connectivity index is 1.42. The normalized spacial score (nSPS) is 17.7. The van der Waals surface area contributed by atoms with Gasteiger partial charge in [0.1, 0.15) is 24.5 Å². The Morgan fingerprint density at radius 1 is 1.35 bits per heavy atom. The molecule has 124 valence electrons. The van der Waals surface area contributed by atoms with Gasteiger partial charge in [0.05, 0.1) is 11.4 Å². The quantitative estimate of drug-likeness (QED) is 0.713. The summed E-state index contributed by atoms with van der Waals surface area (Å²) >= 11 is 0. The molecule has 8 nitrogen and oxygen atoms in total. The number of hydrogen-bond acceptors (Lipinski definition) is 6. The van der Waals surface area contributed by atoms with E-state index in [1.807, 2.05) is 4.68 Å². The van der Waals surface area contributed by atoms with Crippen LogP contribution in [0.2, 0.25) is 0 Å².